The van der Waals surface area contributed by atoms with E-state index in [-0.39, 0.29) is 60.1 Å². The van der Waals surface area contributed by atoms with Crippen LogP contribution in [0, 0.1) is 23.7 Å². The summed E-state index contributed by atoms with van der Waals surface area (Å²) in [5.41, 5.74) is 12.3. The van der Waals surface area contributed by atoms with Crippen molar-refractivity contribution in [3.63, 3.8) is 0 Å². The molecule has 7 amide bonds. The summed E-state index contributed by atoms with van der Waals surface area (Å²) in [4.78, 5) is 90.9. The number of aromatic nitrogens is 8. The zero-order valence-electron chi connectivity index (χ0n) is 49.8. The number of carboxylic acid groups (broad SMARTS) is 1. The van der Waals surface area contributed by atoms with Crippen LogP contribution in [0.25, 0.3) is 33.9 Å². The maximum atomic E-state index is 14.1. The molecule has 25 heteroatoms. The molecule has 3 fully saturated rings. The van der Waals surface area contributed by atoms with Crippen molar-refractivity contribution >= 4 is 69.0 Å². The number of anilines is 2. The fraction of sp³-hybridized carbons (Fsp3) is 0.391. The number of rotatable bonds is 21. The molecule has 0 bridgehead atoms. The van der Waals surface area contributed by atoms with Gasteiger partial charge in [0, 0.05) is 76.3 Å². The Morgan fingerprint density at radius 2 is 1.15 bits per heavy atom. The number of aromatic amines is 2. The first kappa shape index (κ1) is 64.1. The van der Waals surface area contributed by atoms with E-state index in [0.717, 1.165) is 76.4 Å². The first-order chi connectivity index (χ1) is 42.8. The van der Waals surface area contributed by atoms with Crippen LogP contribution in [0.1, 0.15) is 106 Å². The standard InChI is InChI=1S/C35H38N8O5.C29H36BrN7O4/c44-32(37-29-17-18-29)27-11-9-24(10-12-27)23-5-1-21(2-6-23)19-30(39-33(45)26-7-3-22(4-8-26)20-36-35(47)48)34(46)38-28-15-13-25(14-16-28)31-40-42-43-41-31;1-29(2,3)41-28(40)32-17-19-4-8-21(9-5-19)27(39)37(23-14-10-20(11-15-23)26-33-35-36-34-26)24(25(31)38)16-18-6-12-22(30)13-7-18/h1-2,5-6,9-16,22,26,29-30,36H,3-4,7-8,17-20H2,(H,37,44)(H,38,46)(H,39,45)(H,47,48)(H,40,41,42,43);6-7,10-15,19,21,24H,4-5,8-9,16-17H2,1-3H3,(H2,31,38)(H,32,40)(H,33,34,35,36)/t22?,26?,30-;19?,21?,24-/m00/s1. The Balaban J connectivity index is 0.000000214. The van der Waals surface area contributed by atoms with Crippen molar-refractivity contribution in [2.75, 3.05) is 23.3 Å². The SMILES string of the molecule is CC(C)(C)OC(=O)NCC1CCC(C(=O)N(c2ccc(-c3nn[nH]n3)cc2)[C@@H](Cc2ccc(Br)cc2)C(N)=O)CC1.O=C(O)NCC1CCC(C(=O)N[C@@H](Cc2ccc(-c3ccc(C(=O)NC4CC4)cc3)cc2)C(=O)Nc2ccc(-c3nn[nH]n3)cc2)CC1. The monoisotopic (exact) mass is 1280 g/mol. The van der Waals surface area contributed by atoms with Gasteiger partial charge in [0.05, 0.1) is 0 Å². The smallest absolute Gasteiger partial charge is 0.407 e. The molecular weight excluding hydrogens is 1200 g/mol. The lowest BCUT2D eigenvalue weighted by Crippen LogP contribution is -2.52. The average molecular weight is 1280 g/mol. The van der Waals surface area contributed by atoms with Gasteiger partial charge in [-0.2, -0.15) is 10.4 Å². The molecule has 5 aromatic carbocycles. The molecule has 89 heavy (non-hydrogen) atoms. The highest BCUT2D eigenvalue weighted by molar-refractivity contribution is 9.10. The second-order valence-corrected chi connectivity index (χ2v) is 24.7. The molecule has 0 saturated heterocycles. The molecule has 0 radical (unpaired) electrons. The zero-order chi connectivity index (χ0) is 63.0. The lowest BCUT2D eigenvalue weighted by Gasteiger charge is -2.36. The minimum atomic E-state index is -1.05. The molecule has 466 valence electrons. The molecule has 0 spiro atoms. The summed E-state index contributed by atoms with van der Waals surface area (Å²) >= 11 is 3.44. The van der Waals surface area contributed by atoms with Crippen molar-refractivity contribution in [1.82, 2.24) is 62.5 Å². The zero-order valence-corrected chi connectivity index (χ0v) is 51.4. The lowest BCUT2D eigenvalue weighted by atomic mass is 9.81. The van der Waals surface area contributed by atoms with Crippen LogP contribution in [0.15, 0.2) is 126 Å². The van der Waals surface area contributed by atoms with Gasteiger partial charge in [0.15, 0.2) is 0 Å². The van der Waals surface area contributed by atoms with Crippen LogP contribution in [-0.2, 0) is 36.8 Å². The van der Waals surface area contributed by atoms with E-state index in [1.54, 1.807) is 53.4 Å². The minimum absolute atomic E-state index is 0.0584. The molecule has 24 nitrogen and oxygen atoms in total. The summed E-state index contributed by atoms with van der Waals surface area (Å²) in [5.74, 6) is -0.567. The number of hydrogen-bond acceptors (Lipinski definition) is 14. The molecule has 3 aliphatic rings. The van der Waals surface area contributed by atoms with Crippen LogP contribution in [0.2, 0.25) is 0 Å². The van der Waals surface area contributed by atoms with Crippen molar-refractivity contribution in [1.29, 1.82) is 0 Å². The number of halogens is 1. The van der Waals surface area contributed by atoms with Crippen LogP contribution in [0.5, 0.6) is 0 Å². The summed E-state index contributed by atoms with van der Waals surface area (Å²) in [6.07, 6.45) is 6.66. The number of primary amides is 1. The number of hydrogen-bond donors (Lipinski definition) is 9. The number of tetrazole rings is 2. The van der Waals surface area contributed by atoms with Gasteiger partial charge in [-0.25, -0.2) is 9.59 Å². The van der Waals surface area contributed by atoms with Gasteiger partial charge in [-0.3, -0.25) is 28.9 Å². The summed E-state index contributed by atoms with van der Waals surface area (Å²) in [6, 6.07) is 35.6. The average Bonchev–Trinajstić information content (AvgIpc) is 2.55. The Hall–Kier alpha value is -9.39. The Bertz CT molecular complexity index is 3490. The third-order valence-corrected chi connectivity index (χ3v) is 16.6. The Kier molecular flexibility index (Phi) is 21.6. The van der Waals surface area contributed by atoms with E-state index in [1.807, 2.05) is 93.6 Å². The summed E-state index contributed by atoms with van der Waals surface area (Å²) in [6.45, 7) is 6.33. The quantitative estimate of drug-likeness (QED) is 0.0325. The number of H-pyrrole nitrogens is 2. The number of benzene rings is 5. The number of nitrogens with zero attached hydrogens (tertiary/aromatic N) is 7. The fourth-order valence-corrected chi connectivity index (χ4v) is 11.3. The summed E-state index contributed by atoms with van der Waals surface area (Å²) < 4.78 is 6.25. The summed E-state index contributed by atoms with van der Waals surface area (Å²) in [7, 11) is 0. The Labute approximate surface area is 523 Å². The largest absolute Gasteiger partial charge is 0.465 e. The van der Waals surface area contributed by atoms with Crippen molar-refractivity contribution in [2.24, 2.45) is 29.4 Å². The Morgan fingerprint density at radius 3 is 1.66 bits per heavy atom. The van der Waals surface area contributed by atoms with Crippen LogP contribution in [-0.4, -0.2) is 125 Å². The molecule has 7 aromatic rings. The van der Waals surface area contributed by atoms with E-state index in [2.05, 4.69) is 83.8 Å². The summed E-state index contributed by atoms with van der Waals surface area (Å²) in [5, 5.41) is 51.1. The molecule has 10 rings (SSSR count). The van der Waals surface area contributed by atoms with E-state index < -0.39 is 35.8 Å². The lowest BCUT2D eigenvalue weighted by molar-refractivity contribution is -0.130. The van der Waals surface area contributed by atoms with E-state index in [1.165, 1.54) is 0 Å². The third-order valence-electron chi connectivity index (χ3n) is 16.0. The van der Waals surface area contributed by atoms with E-state index >= 15 is 0 Å². The molecule has 0 aliphatic heterocycles. The van der Waals surface area contributed by atoms with Gasteiger partial charge in [0.1, 0.15) is 17.7 Å². The van der Waals surface area contributed by atoms with E-state index in [4.69, 9.17) is 15.6 Å². The van der Waals surface area contributed by atoms with E-state index in [9.17, 15) is 33.6 Å². The fourth-order valence-electron chi connectivity index (χ4n) is 11.0. The highest BCUT2D eigenvalue weighted by atomic mass is 79.9. The van der Waals surface area contributed by atoms with E-state index in [0.29, 0.717) is 73.4 Å². The van der Waals surface area contributed by atoms with Crippen molar-refractivity contribution in [3.8, 4) is 33.9 Å². The number of ether oxygens (including phenoxy) is 1. The molecule has 2 heterocycles. The highest BCUT2D eigenvalue weighted by Crippen LogP contribution is 2.34. The van der Waals surface area contributed by atoms with Gasteiger partial charge in [0.25, 0.3) is 5.91 Å². The van der Waals surface area contributed by atoms with Gasteiger partial charge in [-0.15, -0.1) is 20.4 Å². The van der Waals surface area contributed by atoms with Crippen LogP contribution in [0.4, 0.5) is 21.0 Å². The molecule has 2 aromatic heterocycles. The maximum absolute atomic E-state index is 14.1. The third kappa shape index (κ3) is 18.8. The first-order valence-electron chi connectivity index (χ1n) is 29.9. The number of alkyl carbamates (subject to hydrolysis) is 1. The molecule has 3 saturated carbocycles. The topological polar surface area (TPSA) is 347 Å². The number of amides is 7. The minimum Gasteiger partial charge on any atom is -0.465 e. The molecule has 2 atom stereocenters. The van der Waals surface area contributed by atoms with Gasteiger partial charge in [-0.05, 0) is 202 Å². The number of nitrogens with two attached hydrogens (primary N) is 1. The number of nitrogens with one attached hydrogen (secondary N) is 7. The van der Waals surface area contributed by atoms with Crippen molar-refractivity contribution in [3.05, 3.63) is 142 Å². The molecular formula is C64H74BrN15O9. The first-order valence-corrected chi connectivity index (χ1v) is 30.7. The number of carbonyl (C=O) groups excluding carboxylic acids is 6. The van der Waals surface area contributed by atoms with Crippen LogP contribution < -0.4 is 37.2 Å². The van der Waals surface area contributed by atoms with Crippen LogP contribution in [0.3, 0.4) is 0 Å². The van der Waals surface area contributed by atoms with Gasteiger partial charge in [-0.1, -0.05) is 64.5 Å². The van der Waals surface area contributed by atoms with Crippen molar-refractivity contribution in [2.45, 2.75) is 122 Å². The second kappa shape index (κ2) is 30.0. The normalized spacial score (nSPS) is 17.9. The second-order valence-electron chi connectivity index (χ2n) is 23.8. The van der Waals surface area contributed by atoms with Gasteiger partial charge < -0.3 is 42.2 Å². The molecule has 0 unspecified atom stereocenters. The Morgan fingerprint density at radius 1 is 0.640 bits per heavy atom. The number of carbonyl (C=O) groups is 7. The van der Waals surface area contributed by atoms with Gasteiger partial charge in [0.2, 0.25) is 35.3 Å². The molecule has 3 aliphatic carbocycles. The molecule has 10 N–H and O–H groups in total. The van der Waals surface area contributed by atoms with Crippen LogP contribution >= 0.6 is 15.9 Å². The predicted octanol–water partition coefficient (Wildman–Crippen LogP) is 8.56. The highest BCUT2D eigenvalue weighted by Gasteiger charge is 2.37. The van der Waals surface area contributed by atoms with Gasteiger partial charge >= 0.3 is 12.2 Å². The predicted molar refractivity (Wildman–Crippen MR) is 335 cm³/mol. The van der Waals surface area contributed by atoms with Crippen molar-refractivity contribution < 1.29 is 43.4 Å². The maximum Gasteiger partial charge on any atom is 0.407 e.